The minimum Gasteiger partial charge on any atom is -0.396 e. The summed E-state index contributed by atoms with van der Waals surface area (Å²) in [4.78, 5) is 0. The van der Waals surface area contributed by atoms with Gasteiger partial charge in [0, 0.05) is 24.1 Å². The quantitative estimate of drug-likeness (QED) is 0.787. The van der Waals surface area contributed by atoms with Crippen LogP contribution in [0.5, 0.6) is 0 Å². The summed E-state index contributed by atoms with van der Waals surface area (Å²) in [7, 11) is 0. The Labute approximate surface area is 105 Å². The van der Waals surface area contributed by atoms with Crippen LogP contribution in [0.4, 0.5) is 0 Å². The molecule has 0 spiro atoms. The summed E-state index contributed by atoms with van der Waals surface area (Å²) in [6, 6.07) is 0. The highest BCUT2D eigenvalue weighted by atomic mass is 16.3. The van der Waals surface area contributed by atoms with E-state index in [2.05, 4.69) is 19.2 Å². The predicted octanol–water partition coefficient (Wildman–Crippen LogP) is 2.56. The number of aliphatic hydroxyl groups excluding tert-OH is 1. The van der Waals surface area contributed by atoms with Gasteiger partial charge in [0.2, 0.25) is 0 Å². The second-order valence-electron chi connectivity index (χ2n) is 7.87. The molecule has 0 aliphatic heterocycles. The van der Waals surface area contributed by atoms with Gasteiger partial charge >= 0.3 is 0 Å². The monoisotopic (exact) mass is 237 g/mol. The molecule has 2 heteroatoms. The van der Waals surface area contributed by atoms with Gasteiger partial charge in [0.25, 0.3) is 0 Å². The SMILES string of the molecule is CC(C)(CO)CNC12CC3CC(CC(C3)C1)C2. The number of rotatable bonds is 4. The lowest BCUT2D eigenvalue weighted by molar-refractivity contribution is -0.0256. The Kier molecular flexibility index (Phi) is 2.79. The van der Waals surface area contributed by atoms with Gasteiger partial charge in [-0.15, -0.1) is 0 Å². The second kappa shape index (κ2) is 3.96. The van der Waals surface area contributed by atoms with Crippen LogP contribution < -0.4 is 5.32 Å². The molecule has 0 aromatic carbocycles. The zero-order chi connectivity index (χ0) is 12.1. The van der Waals surface area contributed by atoms with Gasteiger partial charge in [-0.3, -0.25) is 0 Å². The smallest absolute Gasteiger partial charge is 0.0494 e. The van der Waals surface area contributed by atoms with E-state index in [9.17, 15) is 5.11 Å². The maximum Gasteiger partial charge on any atom is 0.0494 e. The van der Waals surface area contributed by atoms with Crippen LogP contribution in [0.3, 0.4) is 0 Å². The van der Waals surface area contributed by atoms with E-state index in [1.807, 2.05) is 0 Å². The number of aliphatic hydroxyl groups is 1. The average molecular weight is 237 g/mol. The summed E-state index contributed by atoms with van der Waals surface area (Å²) in [5.41, 5.74) is 0.477. The van der Waals surface area contributed by atoms with Gasteiger partial charge in [-0.05, 0) is 56.3 Å². The molecule has 4 bridgehead atoms. The van der Waals surface area contributed by atoms with Crippen molar-refractivity contribution in [3.05, 3.63) is 0 Å². The van der Waals surface area contributed by atoms with E-state index >= 15 is 0 Å². The molecule has 4 rings (SSSR count). The van der Waals surface area contributed by atoms with Gasteiger partial charge in [0.15, 0.2) is 0 Å². The Morgan fingerprint density at radius 3 is 1.94 bits per heavy atom. The van der Waals surface area contributed by atoms with Gasteiger partial charge in [0.05, 0.1) is 0 Å². The van der Waals surface area contributed by atoms with Crippen LogP contribution in [0.15, 0.2) is 0 Å². The Morgan fingerprint density at radius 2 is 1.53 bits per heavy atom. The number of hydrogen-bond donors (Lipinski definition) is 2. The molecule has 0 atom stereocenters. The zero-order valence-electron chi connectivity index (χ0n) is 11.3. The van der Waals surface area contributed by atoms with E-state index in [4.69, 9.17) is 0 Å². The fourth-order valence-corrected chi connectivity index (χ4v) is 4.81. The maximum atomic E-state index is 9.37. The summed E-state index contributed by atoms with van der Waals surface area (Å²) >= 11 is 0. The highest BCUT2D eigenvalue weighted by Gasteiger charge is 2.50. The third kappa shape index (κ3) is 2.26. The first-order valence-electron chi connectivity index (χ1n) is 7.36. The van der Waals surface area contributed by atoms with Crippen molar-refractivity contribution in [1.82, 2.24) is 5.32 Å². The van der Waals surface area contributed by atoms with Crippen molar-refractivity contribution in [2.75, 3.05) is 13.2 Å². The minimum atomic E-state index is 0.0311. The molecule has 0 radical (unpaired) electrons. The lowest BCUT2D eigenvalue weighted by Gasteiger charge is -2.57. The molecule has 0 amide bonds. The standard InChI is InChI=1S/C15H27NO/c1-14(2,10-17)9-16-15-6-11-3-12(7-15)5-13(4-11)8-15/h11-13,16-17H,3-10H2,1-2H3. The van der Waals surface area contributed by atoms with Crippen molar-refractivity contribution in [3.63, 3.8) is 0 Å². The summed E-state index contributed by atoms with van der Waals surface area (Å²) in [6.07, 6.45) is 8.72. The summed E-state index contributed by atoms with van der Waals surface area (Å²) in [5, 5.41) is 13.2. The van der Waals surface area contributed by atoms with Gasteiger partial charge in [-0.25, -0.2) is 0 Å². The molecule has 0 aromatic heterocycles. The summed E-state index contributed by atoms with van der Waals surface area (Å²) in [5.74, 6) is 3.02. The van der Waals surface area contributed by atoms with Crippen LogP contribution in [0.2, 0.25) is 0 Å². The van der Waals surface area contributed by atoms with Crippen molar-refractivity contribution >= 4 is 0 Å². The van der Waals surface area contributed by atoms with Crippen molar-refractivity contribution < 1.29 is 5.11 Å². The molecule has 4 aliphatic carbocycles. The van der Waals surface area contributed by atoms with E-state index in [0.29, 0.717) is 5.54 Å². The maximum absolute atomic E-state index is 9.37. The normalized spacial score (nSPS) is 44.3. The molecule has 98 valence electrons. The van der Waals surface area contributed by atoms with Crippen LogP contribution in [0.1, 0.15) is 52.4 Å². The molecule has 4 aliphatic rings. The van der Waals surface area contributed by atoms with Crippen LogP contribution in [-0.4, -0.2) is 23.8 Å². The highest BCUT2D eigenvalue weighted by molar-refractivity contribution is 5.06. The predicted molar refractivity (Wildman–Crippen MR) is 69.8 cm³/mol. The van der Waals surface area contributed by atoms with Crippen molar-refractivity contribution in [2.45, 2.75) is 57.9 Å². The fourth-order valence-electron chi connectivity index (χ4n) is 4.81. The van der Waals surface area contributed by atoms with Crippen molar-refractivity contribution in [3.8, 4) is 0 Å². The van der Waals surface area contributed by atoms with Crippen molar-refractivity contribution in [2.24, 2.45) is 23.2 Å². The zero-order valence-corrected chi connectivity index (χ0v) is 11.3. The highest BCUT2D eigenvalue weighted by Crippen LogP contribution is 2.55. The summed E-state index contributed by atoms with van der Waals surface area (Å²) in [6.45, 7) is 5.56. The Balaban J connectivity index is 1.66. The minimum absolute atomic E-state index is 0.0311. The first kappa shape index (κ1) is 12.0. The third-order valence-electron chi connectivity index (χ3n) is 5.41. The third-order valence-corrected chi connectivity index (χ3v) is 5.41. The topological polar surface area (TPSA) is 32.3 Å². The first-order chi connectivity index (χ1) is 8.00. The van der Waals surface area contributed by atoms with Gasteiger partial charge < -0.3 is 10.4 Å². The van der Waals surface area contributed by atoms with Gasteiger partial charge in [-0.2, -0.15) is 0 Å². The van der Waals surface area contributed by atoms with Crippen LogP contribution in [0, 0.1) is 23.2 Å². The largest absolute Gasteiger partial charge is 0.396 e. The second-order valence-corrected chi connectivity index (χ2v) is 7.87. The van der Waals surface area contributed by atoms with E-state index in [-0.39, 0.29) is 12.0 Å². The van der Waals surface area contributed by atoms with E-state index < -0.39 is 0 Å². The molecule has 2 nitrogen and oxygen atoms in total. The molecule has 17 heavy (non-hydrogen) atoms. The van der Waals surface area contributed by atoms with E-state index in [1.54, 1.807) is 0 Å². The lowest BCUT2D eigenvalue weighted by atomic mass is 9.53. The molecule has 0 heterocycles. The molecule has 0 saturated heterocycles. The van der Waals surface area contributed by atoms with E-state index in [1.165, 1.54) is 38.5 Å². The number of hydrogen-bond acceptors (Lipinski definition) is 2. The van der Waals surface area contributed by atoms with Crippen LogP contribution >= 0.6 is 0 Å². The molecular weight excluding hydrogens is 210 g/mol. The number of nitrogens with one attached hydrogen (secondary N) is 1. The summed E-state index contributed by atoms with van der Waals surface area (Å²) < 4.78 is 0. The Morgan fingerprint density at radius 1 is 1.06 bits per heavy atom. The van der Waals surface area contributed by atoms with Crippen molar-refractivity contribution in [1.29, 1.82) is 0 Å². The van der Waals surface area contributed by atoms with Gasteiger partial charge in [-0.1, -0.05) is 13.8 Å². The van der Waals surface area contributed by atoms with Gasteiger partial charge in [0.1, 0.15) is 0 Å². The molecule has 4 fully saturated rings. The average Bonchev–Trinajstić information content (AvgIpc) is 2.25. The molecule has 2 N–H and O–H groups in total. The van der Waals surface area contributed by atoms with E-state index in [0.717, 1.165) is 24.3 Å². The lowest BCUT2D eigenvalue weighted by Crippen LogP contribution is -2.59. The fraction of sp³-hybridized carbons (Fsp3) is 1.00. The Bertz CT molecular complexity index is 262. The molecule has 4 saturated carbocycles. The van der Waals surface area contributed by atoms with Crippen LogP contribution in [0.25, 0.3) is 0 Å². The Hall–Kier alpha value is -0.0800. The molecule has 0 unspecified atom stereocenters. The first-order valence-corrected chi connectivity index (χ1v) is 7.36. The molecule has 0 aromatic rings. The van der Waals surface area contributed by atoms with Crippen LogP contribution in [-0.2, 0) is 0 Å². The molecular formula is C15H27NO.